The first-order chi connectivity index (χ1) is 10.3. The molecule has 0 aliphatic carbocycles. The molecule has 0 unspecified atom stereocenters. The van der Waals surface area contributed by atoms with Gasteiger partial charge < -0.3 is 15.4 Å². The van der Waals surface area contributed by atoms with Crippen LogP contribution in [-0.4, -0.2) is 28.6 Å². The number of ether oxygens (including phenoxy) is 1. The fourth-order valence-electron chi connectivity index (χ4n) is 1.99. The third kappa shape index (κ3) is 4.05. The summed E-state index contributed by atoms with van der Waals surface area (Å²) in [6, 6.07) is 8.65. The Kier molecular flexibility index (Phi) is 5.31. The molecular weight excluding hydrogens is 266 g/mol. The lowest BCUT2D eigenvalue weighted by Crippen LogP contribution is -2.10. The van der Waals surface area contributed by atoms with Crippen molar-refractivity contribution in [3.63, 3.8) is 0 Å². The van der Waals surface area contributed by atoms with Crippen molar-refractivity contribution in [3.05, 3.63) is 35.4 Å². The van der Waals surface area contributed by atoms with E-state index in [0.29, 0.717) is 31.1 Å². The van der Waals surface area contributed by atoms with Crippen molar-refractivity contribution in [1.29, 1.82) is 0 Å². The van der Waals surface area contributed by atoms with Gasteiger partial charge in [-0.05, 0) is 24.5 Å². The highest BCUT2D eigenvalue weighted by Gasteiger charge is 2.07. The highest BCUT2D eigenvalue weighted by atomic mass is 16.5. The van der Waals surface area contributed by atoms with Crippen molar-refractivity contribution >= 4 is 11.9 Å². The quantitative estimate of drug-likeness (QED) is 0.815. The van der Waals surface area contributed by atoms with E-state index in [4.69, 9.17) is 4.74 Å². The standard InChI is InChI=1S/C15H21N5O/c1-4-11-8-6-7-9-12(11)10-17-14-18-13(16-3)19-15(20-14)21-5-2/h6-9H,4-5,10H2,1-3H3,(H2,16,17,18,19,20). The lowest BCUT2D eigenvalue weighted by molar-refractivity contribution is 0.312. The number of hydrogen-bond acceptors (Lipinski definition) is 6. The van der Waals surface area contributed by atoms with E-state index in [1.165, 1.54) is 11.1 Å². The van der Waals surface area contributed by atoms with Crippen LogP contribution in [0.1, 0.15) is 25.0 Å². The molecule has 0 amide bonds. The molecule has 1 aromatic carbocycles. The van der Waals surface area contributed by atoms with Gasteiger partial charge in [-0.3, -0.25) is 0 Å². The summed E-state index contributed by atoms with van der Waals surface area (Å²) in [4.78, 5) is 12.7. The zero-order valence-corrected chi connectivity index (χ0v) is 12.7. The van der Waals surface area contributed by atoms with Gasteiger partial charge in [-0.1, -0.05) is 31.2 Å². The summed E-state index contributed by atoms with van der Waals surface area (Å²) >= 11 is 0. The van der Waals surface area contributed by atoms with Crippen LogP contribution in [0.2, 0.25) is 0 Å². The van der Waals surface area contributed by atoms with E-state index in [1.54, 1.807) is 7.05 Å². The average molecular weight is 287 g/mol. The van der Waals surface area contributed by atoms with E-state index in [9.17, 15) is 0 Å². The van der Waals surface area contributed by atoms with Crippen molar-refractivity contribution in [1.82, 2.24) is 15.0 Å². The van der Waals surface area contributed by atoms with Crippen molar-refractivity contribution in [2.45, 2.75) is 26.8 Å². The van der Waals surface area contributed by atoms with E-state index in [-0.39, 0.29) is 0 Å². The van der Waals surface area contributed by atoms with Crippen LogP contribution < -0.4 is 15.4 Å². The van der Waals surface area contributed by atoms with Crippen LogP contribution in [0.15, 0.2) is 24.3 Å². The Morgan fingerprint density at radius 2 is 1.71 bits per heavy atom. The Morgan fingerprint density at radius 3 is 2.38 bits per heavy atom. The van der Waals surface area contributed by atoms with Crippen molar-refractivity contribution < 1.29 is 4.74 Å². The summed E-state index contributed by atoms with van der Waals surface area (Å²) in [5.74, 6) is 0.989. The summed E-state index contributed by atoms with van der Waals surface area (Å²) < 4.78 is 5.34. The first-order valence-corrected chi connectivity index (χ1v) is 7.14. The minimum atomic E-state index is 0.322. The third-order valence-electron chi connectivity index (χ3n) is 3.05. The summed E-state index contributed by atoms with van der Waals surface area (Å²) in [6.07, 6.45) is 1.00. The molecule has 0 saturated carbocycles. The van der Waals surface area contributed by atoms with Crippen LogP contribution in [0.5, 0.6) is 6.01 Å². The molecule has 2 aromatic rings. The van der Waals surface area contributed by atoms with Crippen LogP contribution in [0.25, 0.3) is 0 Å². The molecular formula is C15H21N5O. The molecule has 0 saturated heterocycles. The SMILES string of the molecule is CCOc1nc(NC)nc(NCc2ccccc2CC)n1. The molecule has 0 aliphatic rings. The van der Waals surface area contributed by atoms with Gasteiger partial charge in [-0.15, -0.1) is 0 Å². The predicted octanol–water partition coefficient (Wildman–Crippen LogP) is 2.49. The van der Waals surface area contributed by atoms with Crippen LogP contribution >= 0.6 is 0 Å². The number of rotatable bonds is 7. The van der Waals surface area contributed by atoms with Gasteiger partial charge in [-0.2, -0.15) is 15.0 Å². The molecule has 0 radical (unpaired) electrons. The molecule has 2 N–H and O–H groups in total. The van der Waals surface area contributed by atoms with E-state index in [2.05, 4.69) is 50.7 Å². The Labute approximate surface area is 125 Å². The van der Waals surface area contributed by atoms with Crippen LogP contribution in [0, 0.1) is 0 Å². The van der Waals surface area contributed by atoms with Crippen LogP contribution in [-0.2, 0) is 13.0 Å². The Morgan fingerprint density at radius 1 is 1.00 bits per heavy atom. The van der Waals surface area contributed by atoms with Gasteiger partial charge in [0, 0.05) is 13.6 Å². The first-order valence-electron chi connectivity index (χ1n) is 7.14. The fourth-order valence-corrected chi connectivity index (χ4v) is 1.99. The minimum absolute atomic E-state index is 0.322. The molecule has 6 nitrogen and oxygen atoms in total. The summed E-state index contributed by atoms with van der Waals surface area (Å²) in [5, 5.41) is 6.13. The third-order valence-corrected chi connectivity index (χ3v) is 3.05. The molecule has 2 rings (SSSR count). The molecule has 21 heavy (non-hydrogen) atoms. The van der Waals surface area contributed by atoms with Gasteiger partial charge >= 0.3 is 6.01 Å². The van der Waals surface area contributed by atoms with Gasteiger partial charge in [0.05, 0.1) is 6.61 Å². The molecule has 0 bridgehead atoms. The largest absolute Gasteiger partial charge is 0.464 e. The van der Waals surface area contributed by atoms with E-state index < -0.39 is 0 Å². The molecule has 0 spiro atoms. The summed E-state index contributed by atoms with van der Waals surface area (Å²) in [7, 11) is 1.77. The van der Waals surface area contributed by atoms with Crippen molar-refractivity contribution in [2.24, 2.45) is 0 Å². The zero-order valence-electron chi connectivity index (χ0n) is 12.7. The second-order valence-electron chi connectivity index (χ2n) is 4.42. The van der Waals surface area contributed by atoms with Gasteiger partial charge in [0.2, 0.25) is 11.9 Å². The molecule has 6 heteroatoms. The highest BCUT2D eigenvalue weighted by Crippen LogP contribution is 2.14. The zero-order chi connectivity index (χ0) is 15.1. The van der Waals surface area contributed by atoms with Gasteiger partial charge in [-0.25, -0.2) is 0 Å². The van der Waals surface area contributed by atoms with Gasteiger partial charge in [0.25, 0.3) is 0 Å². The Bertz CT molecular complexity index is 588. The number of benzene rings is 1. The normalized spacial score (nSPS) is 10.2. The molecule has 0 atom stereocenters. The van der Waals surface area contributed by atoms with Gasteiger partial charge in [0.15, 0.2) is 0 Å². The molecule has 0 aliphatic heterocycles. The highest BCUT2D eigenvalue weighted by molar-refractivity contribution is 5.37. The molecule has 1 aromatic heterocycles. The summed E-state index contributed by atoms with van der Waals surface area (Å²) in [6.45, 7) is 5.23. The number of anilines is 2. The Hall–Kier alpha value is -2.37. The summed E-state index contributed by atoms with van der Waals surface area (Å²) in [5.41, 5.74) is 2.56. The number of hydrogen-bond donors (Lipinski definition) is 2. The maximum Gasteiger partial charge on any atom is 0.323 e. The lowest BCUT2D eigenvalue weighted by Gasteiger charge is -2.10. The molecule has 1 heterocycles. The van der Waals surface area contributed by atoms with E-state index >= 15 is 0 Å². The van der Waals surface area contributed by atoms with Crippen LogP contribution in [0.4, 0.5) is 11.9 Å². The van der Waals surface area contributed by atoms with Crippen molar-refractivity contribution in [2.75, 3.05) is 24.3 Å². The monoisotopic (exact) mass is 287 g/mol. The minimum Gasteiger partial charge on any atom is -0.464 e. The first kappa shape index (κ1) is 15.0. The molecule has 0 fully saturated rings. The number of nitrogens with zero attached hydrogens (tertiary/aromatic N) is 3. The van der Waals surface area contributed by atoms with E-state index in [0.717, 1.165) is 6.42 Å². The predicted molar refractivity (Wildman–Crippen MR) is 83.7 cm³/mol. The number of aromatic nitrogens is 3. The Balaban J connectivity index is 2.13. The topological polar surface area (TPSA) is 72.0 Å². The number of aryl methyl sites for hydroxylation is 1. The smallest absolute Gasteiger partial charge is 0.323 e. The van der Waals surface area contributed by atoms with Crippen LogP contribution in [0.3, 0.4) is 0 Å². The average Bonchev–Trinajstić information content (AvgIpc) is 2.53. The second kappa shape index (κ2) is 7.42. The fraction of sp³-hybridized carbons (Fsp3) is 0.400. The maximum atomic E-state index is 5.34. The maximum absolute atomic E-state index is 5.34. The van der Waals surface area contributed by atoms with Crippen molar-refractivity contribution in [3.8, 4) is 6.01 Å². The second-order valence-corrected chi connectivity index (χ2v) is 4.42. The van der Waals surface area contributed by atoms with E-state index in [1.807, 2.05) is 13.0 Å². The van der Waals surface area contributed by atoms with Gasteiger partial charge in [0.1, 0.15) is 0 Å². The molecule has 112 valence electrons. The number of nitrogens with one attached hydrogen (secondary N) is 2. The lowest BCUT2D eigenvalue weighted by atomic mass is 10.1.